The number of aryl methyl sites for hydroxylation is 1. The highest BCUT2D eigenvalue weighted by atomic mass is 32.1. The Balaban J connectivity index is 1.94. The summed E-state index contributed by atoms with van der Waals surface area (Å²) >= 11 is 1.91. The second kappa shape index (κ2) is 4.64. The fourth-order valence-electron chi connectivity index (χ4n) is 2.26. The van der Waals surface area contributed by atoms with Crippen molar-refractivity contribution >= 4 is 11.3 Å². The Morgan fingerprint density at radius 2 is 2.33 bits per heavy atom. The summed E-state index contributed by atoms with van der Waals surface area (Å²) in [4.78, 5) is 5.44. The summed E-state index contributed by atoms with van der Waals surface area (Å²) in [5, 5.41) is 0. The number of likely N-dealkylation sites (tertiary alicyclic amines) is 1. The molecule has 1 fully saturated rings. The van der Waals surface area contributed by atoms with Crippen LogP contribution < -0.4 is 5.73 Å². The number of nitrogens with zero attached hydrogens (tertiary/aromatic N) is 1. The minimum atomic E-state index is 0.418. The quantitative estimate of drug-likeness (QED) is 0.835. The molecule has 0 aromatic carbocycles. The molecular formula is C12H20N2S. The van der Waals surface area contributed by atoms with Crippen LogP contribution in [0.25, 0.3) is 0 Å². The van der Waals surface area contributed by atoms with Gasteiger partial charge in [0.2, 0.25) is 0 Å². The lowest BCUT2D eigenvalue weighted by molar-refractivity contribution is 0.141. The van der Waals surface area contributed by atoms with Gasteiger partial charge >= 0.3 is 0 Å². The molecule has 0 bridgehead atoms. The molecule has 2 rings (SSSR count). The first-order chi connectivity index (χ1) is 7.15. The summed E-state index contributed by atoms with van der Waals surface area (Å²) in [5.41, 5.74) is 5.96. The van der Waals surface area contributed by atoms with Crippen molar-refractivity contribution in [2.45, 2.75) is 45.3 Å². The zero-order valence-electron chi connectivity index (χ0n) is 9.57. The van der Waals surface area contributed by atoms with E-state index in [1.807, 2.05) is 11.3 Å². The summed E-state index contributed by atoms with van der Waals surface area (Å²) in [6, 6.07) is 5.51. The second-order valence-corrected chi connectivity index (χ2v) is 5.99. The molecule has 84 valence electrons. The molecule has 1 aliphatic rings. The van der Waals surface area contributed by atoms with E-state index in [-0.39, 0.29) is 0 Å². The van der Waals surface area contributed by atoms with Crippen LogP contribution in [0.4, 0.5) is 0 Å². The van der Waals surface area contributed by atoms with Gasteiger partial charge in [-0.3, -0.25) is 4.90 Å². The predicted octanol–water partition coefficient (Wildman–Crippen LogP) is 2.37. The lowest BCUT2D eigenvalue weighted by atomic mass is 9.99. The van der Waals surface area contributed by atoms with Gasteiger partial charge in [-0.2, -0.15) is 0 Å². The van der Waals surface area contributed by atoms with Crippen molar-refractivity contribution in [1.29, 1.82) is 0 Å². The number of piperidine rings is 1. The van der Waals surface area contributed by atoms with E-state index < -0.39 is 0 Å². The first-order valence-corrected chi connectivity index (χ1v) is 6.52. The fourth-order valence-corrected chi connectivity index (χ4v) is 3.18. The summed E-state index contributed by atoms with van der Waals surface area (Å²) in [6.45, 7) is 6.72. The van der Waals surface area contributed by atoms with Gasteiger partial charge in [0.05, 0.1) is 0 Å². The van der Waals surface area contributed by atoms with E-state index in [1.165, 1.54) is 9.75 Å². The van der Waals surface area contributed by atoms with Gasteiger partial charge < -0.3 is 5.73 Å². The van der Waals surface area contributed by atoms with Crippen LogP contribution in [0.5, 0.6) is 0 Å². The number of nitrogens with two attached hydrogens (primary N) is 1. The van der Waals surface area contributed by atoms with Crippen LogP contribution in [0.2, 0.25) is 0 Å². The molecule has 2 N–H and O–H groups in total. The molecular weight excluding hydrogens is 204 g/mol. The molecule has 0 radical (unpaired) electrons. The van der Waals surface area contributed by atoms with Gasteiger partial charge in [-0.15, -0.1) is 11.3 Å². The molecule has 0 amide bonds. The van der Waals surface area contributed by atoms with Gasteiger partial charge in [-0.25, -0.2) is 0 Å². The Morgan fingerprint density at radius 1 is 1.53 bits per heavy atom. The van der Waals surface area contributed by atoms with Crippen molar-refractivity contribution in [3.8, 4) is 0 Å². The molecule has 15 heavy (non-hydrogen) atoms. The van der Waals surface area contributed by atoms with E-state index in [0.717, 1.165) is 25.9 Å². The Kier molecular flexibility index (Phi) is 3.44. The zero-order valence-corrected chi connectivity index (χ0v) is 10.4. The highest BCUT2D eigenvalue weighted by molar-refractivity contribution is 7.11. The number of hydrogen-bond acceptors (Lipinski definition) is 3. The van der Waals surface area contributed by atoms with Crippen LogP contribution in [-0.2, 0) is 6.54 Å². The Bertz CT molecular complexity index is 321. The highest BCUT2D eigenvalue weighted by Gasteiger charge is 2.23. The Hall–Kier alpha value is -0.380. The highest BCUT2D eigenvalue weighted by Crippen LogP contribution is 2.22. The summed E-state index contributed by atoms with van der Waals surface area (Å²) in [7, 11) is 0. The normalized spacial score (nSPS) is 28.2. The van der Waals surface area contributed by atoms with Crippen LogP contribution in [0.1, 0.15) is 29.5 Å². The maximum Gasteiger partial charge on any atom is 0.0330 e. The third-order valence-electron chi connectivity index (χ3n) is 3.21. The van der Waals surface area contributed by atoms with Crippen molar-refractivity contribution in [3.63, 3.8) is 0 Å². The molecule has 2 unspecified atom stereocenters. The lowest BCUT2D eigenvalue weighted by Crippen LogP contribution is -2.44. The average molecular weight is 224 g/mol. The van der Waals surface area contributed by atoms with Gasteiger partial charge in [0.25, 0.3) is 0 Å². The topological polar surface area (TPSA) is 29.3 Å². The van der Waals surface area contributed by atoms with Crippen LogP contribution in [0.3, 0.4) is 0 Å². The van der Waals surface area contributed by atoms with Crippen LogP contribution in [0.15, 0.2) is 12.1 Å². The molecule has 2 nitrogen and oxygen atoms in total. The van der Waals surface area contributed by atoms with Crippen molar-refractivity contribution < 1.29 is 0 Å². The van der Waals surface area contributed by atoms with Crippen LogP contribution in [0, 0.1) is 6.92 Å². The smallest absolute Gasteiger partial charge is 0.0330 e. The largest absolute Gasteiger partial charge is 0.328 e. The first-order valence-electron chi connectivity index (χ1n) is 5.70. The first kappa shape index (κ1) is 11.1. The monoisotopic (exact) mass is 224 g/mol. The van der Waals surface area contributed by atoms with Crippen molar-refractivity contribution in [3.05, 3.63) is 21.9 Å². The molecule has 0 spiro atoms. The minimum Gasteiger partial charge on any atom is -0.328 e. The van der Waals surface area contributed by atoms with Gasteiger partial charge in [0.15, 0.2) is 0 Å². The molecule has 0 aliphatic carbocycles. The van der Waals surface area contributed by atoms with Crippen LogP contribution >= 0.6 is 11.3 Å². The van der Waals surface area contributed by atoms with Gasteiger partial charge in [-0.05, 0) is 38.8 Å². The van der Waals surface area contributed by atoms with E-state index in [2.05, 4.69) is 30.9 Å². The lowest BCUT2D eigenvalue weighted by Gasteiger charge is -2.36. The van der Waals surface area contributed by atoms with Gasteiger partial charge in [0.1, 0.15) is 0 Å². The molecule has 1 aromatic heterocycles. The molecule has 2 atom stereocenters. The maximum absolute atomic E-state index is 5.96. The van der Waals surface area contributed by atoms with Gasteiger partial charge in [-0.1, -0.05) is 0 Å². The fraction of sp³-hybridized carbons (Fsp3) is 0.667. The van der Waals surface area contributed by atoms with E-state index in [1.54, 1.807) is 0 Å². The molecule has 0 saturated carbocycles. The second-order valence-electron chi connectivity index (χ2n) is 4.62. The van der Waals surface area contributed by atoms with Crippen molar-refractivity contribution in [1.82, 2.24) is 4.90 Å². The summed E-state index contributed by atoms with van der Waals surface area (Å²) in [6.07, 6.45) is 2.29. The van der Waals surface area contributed by atoms with Crippen molar-refractivity contribution in [2.75, 3.05) is 6.54 Å². The standard InChI is InChI=1S/C12H20N2S/c1-9-7-11(13)5-6-14(9)8-12-4-3-10(2)15-12/h3-4,9,11H,5-8,13H2,1-2H3. The van der Waals surface area contributed by atoms with E-state index >= 15 is 0 Å². The number of thiophene rings is 1. The average Bonchev–Trinajstić information content (AvgIpc) is 2.56. The van der Waals surface area contributed by atoms with Gasteiger partial charge in [0, 0.05) is 34.9 Å². The molecule has 1 aromatic rings. The predicted molar refractivity (Wildman–Crippen MR) is 66.1 cm³/mol. The van der Waals surface area contributed by atoms with E-state index in [9.17, 15) is 0 Å². The third kappa shape index (κ3) is 2.80. The summed E-state index contributed by atoms with van der Waals surface area (Å²) in [5.74, 6) is 0. The molecule has 1 aliphatic heterocycles. The SMILES string of the molecule is Cc1ccc(CN2CCC(N)CC2C)s1. The van der Waals surface area contributed by atoms with E-state index in [0.29, 0.717) is 12.1 Å². The zero-order chi connectivity index (χ0) is 10.8. The number of rotatable bonds is 2. The Labute approximate surface area is 96.1 Å². The molecule has 2 heterocycles. The van der Waals surface area contributed by atoms with Crippen molar-refractivity contribution in [2.24, 2.45) is 5.73 Å². The Morgan fingerprint density at radius 3 is 2.93 bits per heavy atom. The maximum atomic E-state index is 5.96. The molecule has 1 saturated heterocycles. The summed E-state index contributed by atoms with van der Waals surface area (Å²) < 4.78 is 0. The van der Waals surface area contributed by atoms with E-state index in [4.69, 9.17) is 5.73 Å². The minimum absolute atomic E-state index is 0.418. The number of hydrogen-bond donors (Lipinski definition) is 1. The third-order valence-corrected chi connectivity index (χ3v) is 4.19. The molecule has 3 heteroatoms. The van der Waals surface area contributed by atoms with Crippen LogP contribution in [-0.4, -0.2) is 23.5 Å².